The monoisotopic (exact) mass is 490 g/mol. The Morgan fingerprint density at radius 2 is 1.54 bits per heavy atom. The molecular weight excluding hydrogens is 448 g/mol. The van der Waals surface area contributed by atoms with Crippen LogP contribution in [0.1, 0.15) is 82.8 Å². The fraction of sp³-hybridized carbons (Fsp3) is 0.731. The molecule has 4 heterocycles. The maximum atomic E-state index is 12.1. The molecule has 2 aliphatic heterocycles. The first-order valence-electron chi connectivity index (χ1n) is 12.9. The third kappa shape index (κ3) is 6.71. The zero-order chi connectivity index (χ0) is 25.4. The van der Waals surface area contributed by atoms with Gasteiger partial charge >= 0.3 is 5.97 Å². The molecule has 0 aliphatic carbocycles. The van der Waals surface area contributed by atoms with Gasteiger partial charge in [-0.3, -0.25) is 14.2 Å². The molecule has 0 unspecified atom stereocenters. The Morgan fingerprint density at radius 1 is 1.00 bits per heavy atom. The van der Waals surface area contributed by atoms with Crippen LogP contribution in [0.15, 0.2) is 24.5 Å². The molecule has 2 aliphatic rings. The maximum Gasteiger partial charge on any atom is 0.309 e. The second-order valence-electron chi connectivity index (χ2n) is 9.83. The summed E-state index contributed by atoms with van der Waals surface area (Å²) in [6.07, 6.45) is 5.27. The molecule has 2 fully saturated rings. The Kier molecular flexibility index (Phi) is 10.3. The summed E-state index contributed by atoms with van der Waals surface area (Å²) >= 11 is 0. The van der Waals surface area contributed by atoms with Gasteiger partial charge in [-0.05, 0) is 65.5 Å². The number of aliphatic hydroxyl groups is 1. The molecule has 0 aromatic carbocycles. The van der Waals surface area contributed by atoms with Gasteiger partial charge in [-0.2, -0.15) is 10.2 Å². The number of nitrogens with zero attached hydrogens (tertiary/aromatic N) is 4. The van der Waals surface area contributed by atoms with Crippen LogP contribution in [0.5, 0.6) is 0 Å². The second kappa shape index (κ2) is 13.2. The normalized spacial score (nSPS) is 24.8. The molecule has 2 aromatic rings. The van der Waals surface area contributed by atoms with Gasteiger partial charge < -0.3 is 19.3 Å². The van der Waals surface area contributed by atoms with Crippen LogP contribution >= 0.6 is 0 Å². The summed E-state index contributed by atoms with van der Waals surface area (Å²) in [6, 6.07) is 4.65. The minimum absolute atomic E-state index is 0.0395. The summed E-state index contributed by atoms with van der Waals surface area (Å²) in [5, 5.41) is 18.1. The van der Waals surface area contributed by atoms with Crippen molar-refractivity contribution in [2.24, 2.45) is 11.8 Å². The number of aliphatic hydroxyl groups excluding tert-OH is 1. The number of hydrogen-bond acceptors (Lipinski definition) is 7. The molecule has 4 rings (SSSR count). The Balaban J connectivity index is 0.000000198. The van der Waals surface area contributed by atoms with E-state index in [9.17, 15) is 9.90 Å². The molecule has 0 spiro atoms. The van der Waals surface area contributed by atoms with Gasteiger partial charge in [0.2, 0.25) is 0 Å². The zero-order valence-electron chi connectivity index (χ0n) is 21.8. The van der Waals surface area contributed by atoms with Crippen molar-refractivity contribution in [3.63, 3.8) is 0 Å². The van der Waals surface area contributed by atoms with Gasteiger partial charge in [0.25, 0.3) is 0 Å². The van der Waals surface area contributed by atoms with E-state index in [2.05, 4.69) is 37.9 Å². The first-order valence-corrected chi connectivity index (χ1v) is 12.9. The summed E-state index contributed by atoms with van der Waals surface area (Å²) in [6.45, 7) is 13.5. The van der Waals surface area contributed by atoms with Crippen LogP contribution in [-0.2, 0) is 19.0 Å². The van der Waals surface area contributed by atoms with Crippen molar-refractivity contribution in [3.8, 4) is 0 Å². The minimum Gasteiger partial charge on any atom is -0.466 e. The maximum absolute atomic E-state index is 12.1. The van der Waals surface area contributed by atoms with E-state index in [1.165, 1.54) is 5.69 Å². The lowest BCUT2D eigenvalue weighted by Crippen LogP contribution is -2.34. The topological polar surface area (TPSA) is 101 Å². The third-order valence-electron chi connectivity index (χ3n) is 6.82. The summed E-state index contributed by atoms with van der Waals surface area (Å²) in [5.74, 6) is 0.388. The molecule has 2 aromatic heterocycles. The van der Waals surface area contributed by atoms with Gasteiger partial charge in [-0.1, -0.05) is 0 Å². The average molecular weight is 491 g/mol. The standard InChI is InChI=1S/C14H22N2O3.C12H20N2O2/c1-4-19-14(17)11-6-8-18-9-12(11)13-5-7-15-16(13)10(2)3;1-9(2)14-12(3-5-13-14)11-8-16-6-4-10(11)7-15/h5,7,10-12H,4,6,8-9H2,1-3H3;3,5,9-11,15H,4,6-8H2,1-2H3/t11-,12+;10-,11-/m10/s1. The Bertz CT molecular complexity index is 909. The van der Waals surface area contributed by atoms with Crippen LogP contribution < -0.4 is 0 Å². The van der Waals surface area contributed by atoms with Crippen molar-refractivity contribution in [1.29, 1.82) is 0 Å². The molecule has 4 atom stereocenters. The molecule has 9 nitrogen and oxygen atoms in total. The third-order valence-corrected chi connectivity index (χ3v) is 6.82. The number of ether oxygens (including phenoxy) is 3. The fourth-order valence-electron chi connectivity index (χ4n) is 4.99. The van der Waals surface area contributed by atoms with E-state index in [1.54, 1.807) is 6.20 Å². The molecule has 1 N–H and O–H groups in total. The van der Waals surface area contributed by atoms with Crippen LogP contribution in [0.4, 0.5) is 0 Å². The van der Waals surface area contributed by atoms with Gasteiger partial charge in [0, 0.05) is 67.5 Å². The molecule has 2 saturated heterocycles. The van der Waals surface area contributed by atoms with E-state index in [4.69, 9.17) is 14.2 Å². The predicted molar refractivity (Wildman–Crippen MR) is 132 cm³/mol. The molecule has 9 heteroatoms. The van der Waals surface area contributed by atoms with Gasteiger partial charge in [-0.25, -0.2) is 0 Å². The number of esters is 1. The quantitative estimate of drug-likeness (QED) is 0.590. The number of aromatic nitrogens is 4. The first kappa shape index (κ1) is 27.4. The number of rotatable bonds is 7. The first-order chi connectivity index (χ1) is 16.9. The number of carbonyl (C=O) groups excluding carboxylic acids is 1. The average Bonchev–Trinajstić information content (AvgIpc) is 3.55. The van der Waals surface area contributed by atoms with Crippen LogP contribution in [0.3, 0.4) is 0 Å². The highest BCUT2D eigenvalue weighted by atomic mass is 16.5. The number of carbonyl (C=O) groups is 1. The summed E-state index contributed by atoms with van der Waals surface area (Å²) in [7, 11) is 0. The molecule has 196 valence electrons. The fourth-order valence-corrected chi connectivity index (χ4v) is 4.99. The van der Waals surface area contributed by atoms with Crippen molar-refractivity contribution >= 4 is 5.97 Å². The van der Waals surface area contributed by atoms with Crippen molar-refractivity contribution in [3.05, 3.63) is 35.9 Å². The molecule has 0 bridgehead atoms. The Morgan fingerprint density at radius 3 is 2.09 bits per heavy atom. The largest absolute Gasteiger partial charge is 0.466 e. The van der Waals surface area contributed by atoms with E-state index in [0.717, 1.165) is 18.7 Å². The van der Waals surface area contributed by atoms with Gasteiger partial charge in [-0.15, -0.1) is 0 Å². The molecule has 35 heavy (non-hydrogen) atoms. The summed E-state index contributed by atoms with van der Waals surface area (Å²) in [5.41, 5.74) is 2.25. The van der Waals surface area contributed by atoms with E-state index in [1.807, 2.05) is 34.6 Å². The highest BCUT2D eigenvalue weighted by Gasteiger charge is 2.36. The summed E-state index contributed by atoms with van der Waals surface area (Å²) in [4.78, 5) is 12.1. The van der Waals surface area contributed by atoms with Crippen molar-refractivity contribution in [2.45, 2.75) is 71.4 Å². The lowest BCUT2D eigenvalue weighted by atomic mass is 9.85. The highest BCUT2D eigenvalue weighted by molar-refractivity contribution is 5.73. The van der Waals surface area contributed by atoms with Crippen molar-refractivity contribution < 1.29 is 24.1 Å². The van der Waals surface area contributed by atoms with Gasteiger partial charge in [0.05, 0.1) is 25.7 Å². The smallest absolute Gasteiger partial charge is 0.309 e. The number of hydrogen-bond donors (Lipinski definition) is 1. The lowest BCUT2D eigenvalue weighted by molar-refractivity contribution is -0.152. The van der Waals surface area contributed by atoms with Crippen molar-refractivity contribution in [2.75, 3.05) is 39.6 Å². The van der Waals surface area contributed by atoms with E-state index >= 15 is 0 Å². The van der Waals surface area contributed by atoms with Crippen LogP contribution in [0, 0.1) is 11.8 Å². The van der Waals surface area contributed by atoms with Crippen LogP contribution in [0.2, 0.25) is 0 Å². The Hall–Kier alpha value is -2.23. The predicted octanol–water partition coefficient (Wildman–Crippen LogP) is 3.72. The van der Waals surface area contributed by atoms with E-state index in [0.29, 0.717) is 44.8 Å². The van der Waals surface area contributed by atoms with E-state index < -0.39 is 0 Å². The highest BCUT2D eigenvalue weighted by Crippen LogP contribution is 2.33. The van der Waals surface area contributed by atoms with E-state index in [-0.39, 0.29) is 36.4 Å². The molecule has 0 radical (unpaired) electrons. The Labute approximate surface area is 208 Å². The van der Waals surface area contributed by atoms with Gasteiger partial charge in [0.15, 0.2) is 0 Å². The second-order valence-corrected chi connectivity index (χ2v) is 9.83. The lowest BCUT2D eigenvalue weighted by Gasteiger charge is -2.31. The van der Waals surface area contributed by atoms with Crippen LogP contribution in [-0.4, -0.2) is 70.3 Å². The molecular formula is C26H42N4O5. The van der Waals surface area contributed by atoms with Crippen molar-refractivity contribution in [1.82, 2.24) is 19.6 Å². The minimum atomic E-state index is -0.122. The SMILES string of the molecule is CC(C)n1nccc1[C@H]1COCC[C@H]1CO.CCOC(=O)[C@@H]1CCOC[C@@H]1c1ccnn1C(C)C. The molecule has 0 amide bonds. The molecule has 0 saturated carbocycles. The van der Waals surface area contributed by atoms with Crippen LogP contribution in [0.25, 0.3) is 0 Å². The zero-order valence-corrected chi connectivity index (χ0v) is 21.8. The summed E-state index contributed by atoms with van der Waals surface area (Å²) < 4.78 is 20.3. The van der Waals surface area contributed by atoms with Gasteiger partial charge in [0.1, 0.15) is 0 Å².